The summed E-state index contributed by atoms with van der Waals surface area (Å²) in [7, 11) is 0. The molecule has 0 bridgehead atoms. The Bertz CT molecular complexity index is 341. The molecule has 0 aromatic heterocycles. The Balaban J connectivity index is 2.32. The average Bonchev–Trinajstić information content (AvgIpc) is 2.74. The molecule has 2 rings (SSSR count). The lowest BCUT2D eigenvalue weighted by Gasteiger charge is -2.31. The Morgan fingerprint density at radius 1 is 1.20 bits per heavy atom. The van der Waals surface area contributed by atoms with E-state index in [9.17, 15) is 0 Å². The van der Waals surface area contributed by atoms with Crippen molar-refractivity contribution in [2.75, 3.05) is 0 Å². The fourth-order valence-electron chi connectivity index (χ4n) is 2.23. The van der Waals surface area contributed by atoms with Gasteiger partial charge in [-0.15, -0.1) is 0 Å². The van der Waals surface area contributed by atoms with Crippen molar-refractivity contribution in [1.29, 1.82) is 0 Å². The summed E-state index contributed by atoms with van der Waals surface area (Å²) in [6.07, 6.45) is 3.59. The van der Waals surface area contributed by atoms with Crippen LogP contribution in [0.15, 0.2) is 35.3 Å². The van der Waals surface area contributed by atoms with E-state index >= 15 is 0 Å². The number of aliphatic imine (C=N–C) groups is 1. The Kier molecular flexibility index (Phi) is 2.76. The van der Waals surface area contributed by atoms with Gasteiger partial charge in [0.05, 0.1) is 0 Å². The van der Waals surface area contributed by atoms with Crippen molar-refractivity contribution >= 4 is 6.40 Å². The van der Waals surface area contributed by atoms with E-state index in [4.69, 9.17) is 4.74 Å². The minimum atomic E-state index is -0.124. The van der Waals surface area contributed by atoms with Crippen LogP contribution in [0.4, 0.5) is 0 Å². The number of hydrogen-bond acceptors (Lipinski definition) is 2. The van der Waals surface area contributed by atoms with Crippen LogP contribution < -0.4 is 0 Å². The molecule has 1 aromatic carbocycles. The van der Waals surface area contributed by atoms with Gasteiger partial charge in [-0.05, 0) is 18.4 Å². The van der Waals surface area contributed by atoms with Crippen LogP contribution in [0.1, 0.15) is 38.3 Å². The maximum Gasteiger partial charge on any atom is 0.171 e. The highest BCUT2D eigenvalue weighted by Gasteiger charge is 2.41. The summed E-state index contributed by atoms with van der Waals surface area (Å²) in [6, 6.07) is 10.5. The lowest BCUT2D eigenvalue weighted by atomic mass is 9.85. The summed E-state index contributed by atoms with van der Waals surface area (Å²) < 4.78 is 5.71. The normalized spacial score (nSPS) is 22.7. The molecule has 15 heavy (non-hydrogen) atoms. The Hall–Kier alpha value is -1.31. The number of hydrogen-bond donors (Lipinski definition) is 0. The Morgan fingerprint density at radius 3 is 2.47 bits per heavy atom. The molecular weight excluding hydrogens is 186 g/mol. The first-order valence-electron chi connectivity index (χ1n) is 5.57. The van der Waals surface area contributed by atoms with Crippen molar-refractivity contribution in [2.24, 2.45) is 4.99 Å². The van der Waals surface area contributed by atoms with Crippen LogP contribution in [-0.4, -0.2) is 12.0 Å². The predicted molar refractivity (Wildman–Crippen MR) is 62.1 cm³/mol. The lowest BCUT2D eigenvalue weighted by Crippen LogP contribution is -2.33. The van der Waals surface area contributed by atoms with Gasteiger partial charge < -0.3 is 4.74 Å². The fourth-order valence-corrected chi connectivity index (χ4v) is 2.23. The Morgan fingerprint density at radius 2 is 1.87 bits per heavy atom. The number of rotatable bonds is 3. The Labute approximate surface area is 91.0 Å². The van der Waals surface area contributed by atoms with E-state index in [0.29, 0.717) is 0 Å². The van der Waals surface area contributed by atoms with Crippen LogP contribution in [0.5, 0.6) is 0 Å². The van der Waals surface area contributed by atoms with Crippen LogP contribution in [0.3, 0.4) is 0 Å². The molecular formula is C13H17NO. The summed E-state index contributed by atoms with van der Waals surface area (Å²) in [4.78, 5) is 4.45. The molecule has 0 fully saturated rings. The van der Waals surface area contributed by atoms with E-state index in [-0.39, 0.29) is 11.6 Å². The molecule has 0 saturated carbocycles. The minimum absolute atomic E-state index is 0.124. The van der Waals surface area contributed by atoms with E-state index in [1.54, 1.807) is 6.40 Å². The maximum atomic E-state index is 5.71. The summed E-state index contributed by atoms with van der Waals surface area (Å²) in [5.41, 5.74) is 1.12. The lowest BCUT2D eigenvalue weighted by molar-refractivity contribution is 0.0525. The first-order chi connectivity index (χ1) is 7.32. The number of ether oxygens (including phenoxy) is 1. The second-order valence-electron chi connectivity index (χ2n) is 3.96. The van der Waals surface area contributed by atoms with Crippen molar-refractivity contribution in [3.8, 4) is 0 Å². The third kappa shape index (κ3) is 1.65. The zero-order chi connectivity index (χ0) is 10.7. The van der Waals surface area contributed by atoms with Crippen LogP contribution >= 0.6 is 0 Å². The van der Waals surface area contributed by atoms with Gasteiger partial charge in [-0.1, -0.05) is 44.2 Å². The first-order valence-corrected chi connectivity index (χ1v) is 5.57. The van der Waals surface area contributed by atoms with Crippen molar-refractivity contribution < 1.29 is 4.74 Å². The number of nitrogens with zero attached hydrogens (tertiary/aromatic N) is 1. The van der Waals surface area contributed by atoms with Crippen LogP contribution in [0.25, 0.3) is 0 Å². The minimum Gasteiger partial charge on any atom is -0.475 e. The monoisotopic (exact) mass is 203 g/mol. The summed E-state index contributed by atoms with van der Waals surface area (Å²) in [6.45, 7) is 4.32. The molecule has 0 N–H and O–H groups in total. The van der Waals surface area contributed by atoms with Crippen molar-refractivity contribution in [3.05, 3.63) is 35.9 Å². The molecule has 0 aliphatic carbocycles. The average molecular weight is 203 g/mol. The molecule has 1 aliphatic heterocycles. The van der Waals surface area contributed by atoms with Gasteiger partial charge in [0.15, 0.2) is 6.40 Å². The SMILES string of the molecule is CCC1(CC)OC=N[C@@H]1c1ccccc1. The molecule has 1 heterocycles. The molecule has 1 aromatic rings. The molecule has 2 heteroatoms. The molecule has 2 nitrogen and oxygen atoms in total. The van der Waals surface area contributed by atoms with Crippen molar-refractivity contribution in [2.45, 2.75) is 38.3 Å². The van der Waals surface area contributed by atoms with Crippen LogP contribution in [-0.2, 0) is 4.74 Å². The zero-order valence-corrected chi connectivity index (χ0v) is 9.31. The molecule has 0 radical (unpaired) electrons. The third-order valence-corrected chi connectivity index (χ3v) is 3.31. The van der Waals surface area contributed by atoms with Gasteiger partial charge in [-0.2, -0.15) is 0 Å². The summed E-state index contributed by atoms with van der Waals surface area (Å²) in [5.74, 6) is 0. The highest BCUT2D eigenvalue weighted by Crippen LogP contribution is 2.40. The van der Waals surface area contributed by atoms with Crippen molar-refractivity contribution in [1.82, 2.24) is 0 Å². The largest absolute Gasteiger partial charge is 0.475 e. The molecule has 80 valence electrons. The highest BCUT2D eigenvalue weighted by atomic mass is 16.5. The second-order valence-corrected chi connectivity index (χ2v) is 3.96. The molecule has 1 atom stereocenters. The van der Waals surface area contributed by atoms with E-state index in [1.807, 2.05) is 6.07 Å². The quantitative estimate of drug-likeness (QED) is 0.738. The van der Waals surface area contributed by atoms with Gasteiger partial charge in [-0.3, -0.25) is 0 Å². The van der Waals surface area contributed by atoms with E-state index in [2.05, 4.69) is 43.1 Å². The topological polar surface area (TPSA) is 21.6 Å². The predicted octanol–water partition coefficient (Wildman–Crippen LogP) is 3.35. The summed E-state index contributed by atoms with van der Waals surface area (Å²) >= 11 is 0. The van der Waals surface area contributed by atoms with Gasteiger partial charge in [-0.25, -0.2) is 4.99 Å². The fraction of sp³-hybridized carbons (Fsp3) is 0.462. The van der Waals surface area contributed by atoms with Gasteiger partial charge in [0.25, 0.3) is 0 Å². The standard InChI is InChI=1S/C13H17NO/c1-3-13(4-2)12(14-10-15-13)11-8-6-5-7-9-11/h5-10,12H,3-4H2,1-2H3/t12-/m1/s1. The molecule has 0 saturated heterocycles. The van der Waals surface area contributed by atoms with E-state index in [1.165, 1.54) is 5.56 Å². The summed E-state index contributed by atoms with van der Waals surface area (Å²) in [5, 5.41) is 0. The second kappa shape index (κ2) is 4.05. The van der Waals surface area contributed by atoms with Crippen molar-refractivity contribution in [3.63, 3.8) is 0 Å². The van der Waals surface area contributed by atoms with Crippen LogP contribution in [0, 0.1) is 0 Å². The van der Waals surface area contributed by atoms with Gasteiger partial charge >= 0.3 is 0 Å². The molecule has 1 aliphatic rings. The maximum absolute atomic E-state index is 5.71. The molecule has 0 unspecified atom stereocenters. The van der Waals surface area contributed by atoms with Gasteiger partial charge in [0.2, 0.25) is 0 Å². The molecule has 0 spiro atoms. The van der Waals surface area contributed by atoms with Gasteiger partial charge in [0.1, 0.15) is 11.6 Å². The molecule has 0 amide bonds. The third-order valence-electron chi connectivity index (χ3n) is 3.31. The zero-order valence-electron chi connectivity index (χ0n) is 9.31. The first kappa shape index (κ1) is 10.2. The highest BCUT2D eigenvalue weighted by molar-refractivity contribution is 5.52. The van der Waals surface area contributed by atoms with E-state index < -0.39 is 0 Å². The smallest absolute Gasteiger partial charge is 0.171 e. The van der Waals surface area contributed by atoms with E-state index in [0.717, 1.165) is 12.8 Å². The number of benzene rings is 1. The van der Waals surface area contributed by atoms with Crippen LogP contribution in [0.2, 0.25) is 0 Å². The van der Waals surface area contributed by atoms with Gasteiger partial charge in [0, 0.05) is 0 Å².